The topological polar surface area (TPSA) is 76.7 Å². The second-order valence-electron chi connectivity index (χ2n) is 1.26. The van der Waals surface area contributed by atoms with Crippen LogP contribution in [0.5, 0.6) is 0 Å². The van der Waals surface area contributed by atoms with Gasteiger partial charge >= 0.3 is 0 Å². The number of amides is 1. The maximum Gasteiger partial charge on any atom is 0.258 e. The molecule has 0 unspecified atom stereocenters. The van der Waals surface area contributed by atoms with Crippen molar-refractivity contribution in [3.05, 3.63) is 0 Å². The van der Waals surface area contributed by atoms with Crippen molar-refractivity contribution in [1.82, 2.24) is 5.32 Å². The lowest BCUT2D eigenvalue weighted by Gasteiger charge is -1.91. The molecule has 5 nitrogen and oxygen atoms in total. The monoisotopic (exact) mass is 131 g/mol. The van der Waals surface area contributed by atoms with Gasteiger partial charge in [0.2, 0.25) is 0 Å². The maximum absolute atomic E-state index is 9.97. The molecule has 0 aliphatic carbocycles. The summed E-state index contributed by atoms with van der Waals surface area (Å²) in [7, 11) is 1.66. The van der Waals surface area contributed by atoms with E-state index in [0.717, 1.165) is 0 Å². The smallest absolute Gasteiger partial charge is 0.258 e. The number of hydrogen-bond donors (Lipinski definition) is 2. The summed E-state index contributed by atoms with van der Waals surface area (Å²) in [6.45, 7) is -0.182. The van der Waals surface area contributed by atoms with Crippen molar-refractivity contribution >= 4 is 12.2 Å². The van der Waals surface area contributed by atoms with Gasteiger partial charge in [-0.15, -0.1) is 0 Å². The van der Waals surface area contributed by atoms with E-state index in [2.05, 4.69) is 15.3 Å². The summed E-state index contributed by atoms with van der Waals surface area (Å²) in [5, 5.41) is 5.87. The average molecular weight is 131 g/mol. The van der Waals surface area contributed by atoms with Gasteiger partial charge in [-0.3, -0.25) is 4.79 Å². The number of nitrogens with zero attached hydrogens (tertiary/aromatic N) is 1. The highest BCUT2D eigenvalue weighted by Crippen LogP contribution is 1.69. The van der Waals surface area contributed by atoms with Crippen molar-refractivity contribution < 1.29 is 9.63 Å². The Labute approximate surface area is 52.8 Å². The van der Waals surface area contributed by atoms with Crippen LogP contribution in [0.15, 0.2) is 5.16 Å². The zero-order valence-corrected chi connectivity index (χ0v) is 5.13. The van der Waals surface area contributed by atoms with E-state index in [9.17, 15) is 4.79 Å². The molecule has 0 aromatic rings. The predicted octanol–water partition coefficient (Wildman–Crippen LogP) is -1.35. The van der Waals surface area contributed by atoms with Gasteiger partial charge in [0.15, 0.2) is 6.61 Å². The molecule has 0 atom stereocenters. The van der Waals surface area contributed by atoms with Crippen molar-refractivity contribution in [3.8, 4) is 0 Å². The summed E-state index contributed by atoms with van der Waals surface area (Å²) in [6, 6.07) is 0. The van der Waals surface area contributed by atoms with E-state index < -0.39 is 5.91 Å². The van der Waals surface area contributed by atoms with Crippen molar-refractivity contribution in [2.45, 2.75) is 0 Å². The number of carbonyl (C=O) groups excluding carboxylic acids is 1. The highest BCUT2D eigenvalue weighted by atomic mass is 16.6. The van der Waals surface area contributed by atoms with E-state index in [1.54, 1.807) is 7.05 Å². The first-order valence-corrected chi connectivity index (χ1v) is 2.36. The van der Waals surface area contributed by atoms with Crippen LogP contribution < -0.4 is 11.1 Å². The Morgan fingerprint density at radius 1 is 2.00 bits per heavy atom. The standard InChI is InChI=1S/C4H9N3O2/c1-6-3-7-9-2-4(5)8/h3H,2H2,1H3,(H2,5,8)(H,6,7). The summed E-state index contributed by atoms with van der Waals surface area (Å²) in [4.78, 5) is 14.3. The number of rotatable bonds is 4. The van der Waals surface area contributed by atoms with Crippen molar-refractivity contribution in [2.75, 3.05) is 13.7 Å². The first kappa shape index (κ1) is 7.74. The lowest BCUT2D eigenvalue weighted by molar-refractivity contribution is -0.122. The molecule has 52 valence electrons. The Morgan fingerprint density at radius 3 is 3.11 bits per heavy atom. The largest absolute Gasteiger partial charge is 0.384 e. The molecule has 0 heterocycles. The molecule has 0 bridgehead atoms. The molecule has 0 radical (unpaired) electrons. The van der Waals surface area contributed by atoms with Gasteiger partial charge in [0.1, 0.15) is 6.34 Å². The Hall–Kier alpha value is -1.26. The molecule has 3 N–H and O–H groups in total. The number of nitrogens with one attached hydrogen (secondary N) is 1. The van der Waals surface area contributed by atoms with Gasteiger partial charge in [0.25, 0.3) is 5.91 Å². The predicted molar refractivity (Wildman–Crippen MR) is 32.7 cm³/mol. The molecule has 0 fully saturated rings. The van der Waals surface area contributed by atoms with Gasteiger partial charge in [0, 0.05) is 7.05 Å². The molecular formula is C4H9N3O2. The molecule has 0 aliphatic rings. The minimum Gasteiger partial charge on any atom is -0.384 e. The van der Waals surface area contributed by atoms with Gasteiger partial charge in [-0.1, -0.05) is 5.16 Å². The lowest BCUT2D eigenvalue weighted by atomic mass is 10.7. The summed E-state index contributed by atoms with van der Waals surface area (Å²) < 4.78 is 0. The molecule has 0 rings (SSSR count). The summed E-state index contributed by atoms with van der Waals surface area (Å²) >= 11 is 0. The fourth-order valence-corrected chi connectivity index (χ4v) is 0.191. The van der Waals surface area contributed by atoms with Gasteiger partial charge < -0.3 is 15.9 Å². The van der Waals surface area contributed by atoms with Crippen LogP contribution in [0.3, 0.4) is 0 Å². The minimum absolute atomic E-state index is 0.182. The van der Waals surface area contributed by atoms with Crippen LogP contribution in [0.1, 0.15) is 0 Å². The van der Waals surface area contributed by atoms with Crippen LogP contribution in [-0.4, -0.2) is 25.9 Å². The zero-order chi connectivity index (χ0) is 7.11. The Kier molecular flexibility index (Phi) is 4.20. The summed E-state index contributed by atoms with van der Waals surface area (Å²) in [5.74, 6) is -0.539. The van der Waals surface area contributed by atoms with Crippen molar-refractivity contribution in [1.29, 1.82) is 0 Å². The number of primary amides is 1. The molecule has 0 spiro atoms. The molecule has 5 heteroatoms. The second kappa shape index (κ2) is 4.89. The number of carbonyl (C=O) groups is 1. The zero-order valence-electron chi connectivity index (χ0n) is 5.13. The van der Waals surface area contributed by atoms with Crippen LogP contribution in [0.2, 0.25) is 0 Å². The van der Waals surface area contributed by atoms with E-state index in [4.69, 9.17) is 5.73 Å². The first-order chi connectivity index (χ1) is 4.27. The first-order valence-electron chi connectivity index (χ1n) is 2.36. The summed E-state index contributed by atoms with van der Waals surface area (Å²) in [5.41, 5.74) is 4.72. The molecule has 1 amide bonds. The average Bonchev–Trinajstić information content (AvgIpc) is 1.80. The fourth-order valence-electron chi connectivity index (χ4n) is 0.191. The Bertz CT molecular complexity index is 112. The summed E-state index contributed by atoms with van der Waals surface area (Å²) in [6.07, 6.45) is 1.31. The number of oxime groups is 1. The molecule has 0 aromatic carbocycles. The third-order valence-corrected chi connectivity index (χ3v) is 0.463. The minimum atomic E-state index is -0.539. The quantitative estimate of drug-likeness (QED) is 0.281. The highest BCUT2D eigenvalue weighted by Gasteiger charge is 1.88. The van der Waals surface area contributed by atoms with Crippen LogP contribution in [-0.2, 0) is 9.63 Å². The van der Waals surface area contributed by atoms with Gasteiger partial charge in [-0.05, 0) is 0 Å². The molecule has 0 saturated carbocycles. The Balaban J connectivity index is 3.09. The number of nitrogens with two attached hydrogens (primary N) is 1. The second-order valence-corrected chi connectivity index (χ2v) is 1.26. The van der Waals surface area contributed by atoms with Crippen LogP contribution in [0.4, 0.5) is 0 Å². The van der Waals surface area contributed by atoms with E-state index in [-0.39, 0.29) is 6.61 Å². The van der Waals surface area contributed by atoms with Gasteiger partial charge in [-0.2, -0.15) is 0 Å². The molecule has 0 aromatic heterocycles. The maximum atomic E-state index is 9.97. The van der Waals surface area contributed by atoms with E-state index in [1.165, 1.54) is 6.34 Å². The third-order valence-electron chi connectivity index (χ3n) is 0.463. The normalized spacial score (nSPS) is 9.44. The highest BCUT2D eigenvalue weighted by molar-refractivity contribution is 5.75. The third kappa shape index (κ3) is 6.74. The van der Waals surface area contributed by atoms with Crippen molar-refractivity contribution in [2.24, 2.45) is 10.9 Å². The fraction of sp³-hybridized carbons (Fsp3) is 0.500. The van der Waals surface area contributed by atoms with Gasteiger partial charge in [0.05, 0.1) is 0 Å². The van der Waals surface area contributed by atoms with Crippen LogP contribution in [0.25, 0.3) is 0 Å². The number of hydrogen-bond acceptors (Lipinski definition) is 3. The molecular weight excluding hydrogens is 122 g/mol. The molecule has 0 aliphatic heterocycles. The molecule has 0 saturated heterocycles. The Morgan fingerprint density at radius 2 is 2.67 bits per heavy atom. The van der Waals surface area contributed by atoms with E-state index in [0.29, 0.717) is 0 Å². The lowest BCUT2D eigenvalue weighted by Crippen LogP contribution is -2.16. The molecule has 9 heavy (non-hydrogen) atoms. The SMILES string of the molecule is CN/C=N\OCC(N)=O. The van der Waals surface area contributed by atoms with Crippen LogP contribution in [0, 0.1) is 0 Å². The van der Waals surface area contributed by atoms with Gasteiger partial charge in [-0.25, -0.2) is 0 Å². The van der Waals surface area contributed by atoms with Crippen molar-refractivity contribution in [3.63, 3.8) is 0 Å². The van der Waals surface area contributed by atoms with Crippen LogP contribution >= 0.6 is 0 Å². The van der Waals surface area contributed by atoms with E-state index in [1.807, 2.05) is 0 Å². The van der Waals surface area contributed by atoms with E-state index >= 15 is 0 Å².